The number of carbonyl (C=O) groups excluding carboxylic acids is 3. The maximum absolute atomic E-state index is 13.4. The number of rotatable bonds is 8. The lowest BCUT2D eigenvalue weighted by molar-refractivity contribution is -0.126. The van der Waals surface area contributed by atoms with Crippen molar-refractivity contribution in [1.29, 1.82) is 0 Å². The largest absolute Gasteiger partial charge is 0.454 e. The van der Waals surface area contributed by atoms with Crippen molar-refractivity contribution >= 4 is 39.9 Å². The summed E-state index contributed by atoms with van der Waals surface area (Å²) in [6.07, 6.45) is 0. The Morgan fingerprint density at radius 3 is 2.37 bits per heavy atom. The molecule has 2 aromatic rings. The second-order valence-corrected chi connectivity index (χ2v) is 10.5. The zero-order valence-electron chi connectivity index (χ0n) is 19.9. The summed E-state index contributed by atoms with van der Waals surface area (Å²) in [6, 6.07) is 8.94. The molecular weight excluding hydrogens is 477 g/mol. The number of carbonyl (C=O) groups is 3. The first-order chi connectivity index (χ1) is 16.4. The van der Waals surface area contributed by atoms with Gasteiger partial charge in [0.15, 0.2) is 11.5 Å². The molecule has 0 unspecified atom stereocenters. The summed E-state index contributed by atoms with van der Waals surface area (Å²) >= 11 is 0. The van der Waals surface area contributed by atoms with Crippen LogP contribution < -0.4 is 25.0 Å². The molecule has 2 N–H and O–H groups in total. The first-order valence-corrected chi connectivity index (χ1v) is 12.4. The van der Waals surface area contributed by atoms with Crippen molar-refractivity contribution < 1.29 is 32.5 Å². The van der Waals surface area contributed by atoms with Crippen LogP contribution in [0.1, 0.15) is 27.7 Å². The van der Waals surface area contributed by atoms with Crippen LogP contribution in [0.3, 0.4) is 0 Å². The van der Waals surface area contributed by atoms with Gasteiger partial charge in [-0.3, -0.25) is 23.5 Å². The summed E-state index contributed by atoms with van der Waals surface area (Å²) in [5.74, 6) is -2.01. The molecule has 1 aliphatic rings. The third-order valence-electron chi connectivity index (χ3n) is 4.87. The minimum absolute atomic E-state index is 0.0929. The van der Waals surface area contributed by atoms with Gasteiger partial charge >= 0.3 is 0 Å². The minimum Gasteiger partial charge on any atom is -0.454 e. The molecule has 11 heteroatoms. The van der Waals surface area contributed by atoms with Crippen molar-refractivity contribution in [2.24, 2.45) is 0 Å². The molecule has 1 heterocycles. The predicted octanol–water partition coefficient (Wildman–Crippen LogP) is 2.58. The third-order valence-corrected chi connectivity index (χ3v) is 6.02. The Bertz CT molecular complexity index is 1130. The van der Waals surface area contributed by atoms with Crippen molar-refractivity contribution in [3.05, 3.63) is 48.3 Å². The van der Waals surface area contributed by atoms with Gasteiger partial charge in [0.1, 0.15) is 23.4 Å². The number of halogens is 1. The van der Waals surface area contributed by atoms with Gasteiger partial charge in [0.2, 0.25) is 24.5 Å². The fourth-order valence-corrected chi connectivity index (χ4v) is 4.23. The molecule has 0 bridgehead atoms. The molecule has 0 saturated carbocycles. The molecule has 2 aromatic carbocycles. The number of hydrogen-bond acceptors (Lipinski definition) is 6. The van der Waals surface area contributed by atoms with Crippen LogP contribution >= 0.6 is 0 Å². The van der Waals surface area contributed by atoms with Gasteiger partial charge in [-0.1, -0.05) is 0 Å². The Balaban J connectivity index is 1.67. The number of anilines is 2. The van der Waals surface area contributed by atoms with Crippen LogP contribution in [0.15, 0.2) is 42.5 Å². The summed E-state index contributed by atoms with van der Waals surface area (Å²) in [4.78, 5) is 39.4. The molecule has 35 heavy (non-hydrogen) atoms. The SMILES string of the molecule is C[C@@H](C(=O)NC(C)(C)C)N(C(=O)C[S@](=O)CC(=O)Nc1ccc2c(c1)OCO2)c1ccc(F)cc1. The first-order valence-electron chi connectivity index (χ1n) is 10.9. The van der Waals surface area contributed by atoms with Crippen molar-refractivity contribution in [3.8, 4) is 11.5 Å². The van der Waals surface area contributed by atoms with Crippen molar-refractivity contribution in [2.45, 2.75) is 39.3 Å². The number of amides is 3. The summed E-state index contributed by atoms with van der Waals surface area (Å²) < 4.78 is 36.6. The number of nitrogens with zero attached hydrogens (tertiary/aromatic N) is 1. The van der Waals surface area contributed by atoms with E-state index < -0.39 is 57.4 Å². The molecule has 0 spiro atoms. The van der Waals surface area contributed by atoms with Crippen LogP contribution in [-0.4, -0.2) is 51.8 Å². The molecule has 2 atom stereocenters. The summed E-state index contributed by atoms with van der Waals surface area (Å²) in [5.41, 5.74) is 0.163. The highest BCUT2D eigenvalue weighted by molar-refractivity contribution is 7.86. The van der Waals surface area contributed by atoms with Crippen molar-refractivity contribution in [2.75, 3.05) is 28.5 Å². The molecule has 3 amide bonds. The molecule has 1 aliphatic heterocycles. The highest BCUT2D eigenvalue weighted by atomic mass is 32.2. The zero-order valence-corrected chi connectivity index (χ0v) is 20.7. The second kappa shape index (κ2) is 10.9. The van der Waals surface area contributed by atoms with E-state index in [-0.39, 0.29) is 12.5 Å². The Labute approximate surface area is 205 Å². The second-order valence-electron chi connectivity index (χ2n) is 9.00. The molecular formula is C24H28FN3O6S. The predicted molar refractivity (Wildman–Crippen MR) is 130 cm³/mol. The number of nitrogens with one attached hydrogen (secondary N) is 2. The monoisotopic (exact) mass is 505 g/mol. The van der Waals surface area contributed by atoms with Crippen LogP contribution in [0, 0.1) is 5.82 Å². The van der Waals surface area contributed by atoms with E-state index in [1.165, 1.54) is 31.2 Å². The van der Waals surface area contributed by atoms with Crippen LogP contribution in [0.2, 0.25) is 0 Å². The maximum Gasteiger partial charge on any atom is 0.243 e. The normalized spacial score (nSPS) is 14.1. The van der Waals surface area contributed by atoms with Gasteiger partial charge in [0.05, 0.1) is 0 Å². The summed E-state index contributed by atoms with van der Waals surface area (Å²) in [5, 5.41) is 5.41. The van der Waals surface area contributed by atoms with Crippen molar-refractivity contribution in [1.82, 2.24) is 5.32 Å². The van der Waals surface area contributed by atoms with E-state index in [0.717, 1.165) is 4.90 Å². The van der Waals surface area contributed by atoms with Gasteiger partial charge < -0.3 is 20.1 Å². The van der Waals surface area contributed by atoms with E-state index in [0.29, 0.717) is 17.2 Å². The molecule has 0 radical (unpaired) electrons. The third kappa shape index (κ3) is 7.25. The fraction of sp³-hybridized carbons (Fsp3) is 0.375. The van der Waals surface area contributed by atoms with Gasteiger partial charge in [-0.15, -0.1) is 0 Å². The lowest BCUT2D eigenvalue weighted by atomic mass is 10.1. The van der Waals surface area contributed by atoms with Gasteiger partial charge in [-0.05, 0) is 64.1 Å². The van der Waals surface area contributed by atoms with E-state index in [1.807, 2.05) is 0 Å². The Hall–Kier alpha value is -3.47. The van der Waals surface area contributed by atoms with E-state index in [9.17, 15) is 23.0 Å². The molecule has 0 aliphatic carbocycles. The average Bonchev–Trinajstić information content (AvgIpc) is 3.21. The fourth-order valence-electron chi connectivity index (χ4n) is 3.35. The summed E-state index contributed by atoms with van der Waals surface area (Å²) in [7, 11) is -1.87. The smallest absolute Gasteiger partial charge is 0.243 e. The van der Waals surface area contributed by atoms with Crippen LogP contribution in [0.5, 0.6) is 11.5 Å². The number of fused-ring (bicyclic) bond motifs is 1. The number of benzene rings is 2. The highest BCUT2D eigenvalue weighted by Gasteiger charge is 2.30. The summed E-state index contributed by atoms with van der Waals surface area (Å²) in [6.45, 7) is 7.02. The van der Waals surface area contributed by atoms with Crippen molar-refractivity contribution in [3.63, 3.8) is 0 Å². The van der Waals surface area contributed by atoms with Gasteiger partial charge in [-0.25, -0.2) is 4.39 Å². The maximum atomic E-state index is 13.4. The van der Waals surface area contributed by atoms with Crippen LogP contribution in [0.4, 0.5) is 15.8 Å². The quantitative estimate of drug-likeness (QED) is 0.570. The molecule has 0 fully saturated rings. The van der Waals surface area contributed by atoms with E-state index in [1.54, 1.807) is 39.0 Å². The molecule has 9 nitrogen and oxygen atoms in total. The van der Waals surface area contributed by atoms with Crippen LogP contribution in [-0.2, 0) is 25.2 Å². The van der Waals surface area contributed by atoms with E-state index >= 15 is 0 Å². The average molecular weight is 506 g/mol. The Morgan fingerprint density at radius 2 is 1.71 bits per heavy atom. The molecule has 188 valence electrons. The molecule has 0 aromatic heterocycles. The van der Waals surface area contributed by atoms with Gasteiger partial charge in [0.25, 0.3) is 0 Å². The Kier molecular flexibility index (Phi) is 8.11. The lowest BCUT2D eigenvalue weighted by Gasteiger charge is -2.31. The topological polar surface area (TPSA) is 114 Å². The Morgan fingerprint density at radius 1 is 1.06 bits per heavy atom. The standard InChI is InChI=1S/C24H28FN3O6S/c1-15(23(31)27-24(2,3)4)28(18-8-5-16(25)6-9-18)22(30)13-35(32)12-21(29)26-17-7-10-19-20(11-17)34-14-33-19/h5-11,15H,12-14H2,1-4H3,(H,26,29)(H,27,31)/t15-,35+/m0/s1. The highest BCUT2D eigenvalue weighted by Crippen LogP contribution is 2.34. The number of ether oxygens (including phenoxy) is 2. The lowest BCUT2D eigenvalue weighted by Crippen LogP contribution is -2.53. The van der Waals surface area contributed by atoms with Crippen LogP contribution in [0.25, 0.3) is 0 Å². The molecule has 0 saturated heterocycles. The number of hydrogen-bond donors (Lipinski definition) is 2. The van der Waals surface area contributed by atoms with Gasteiger partial charge in [-0.2, -0.15) is 0 Å². The van der Waals surface area contributed by atoms with E-state index in [4.69, 9.17) is 9.47 Å². The zero-order chi connectivity index (χ0) is 25.8. The minimum atomic E-state index is -1.87. The van der Waals surface area contributed by atoms with Gasteiger partial charge in [0, 0.05) is 33.8 Å². The first kappa shape index (κ1) is 26.1. The molecule has 3 rings (SSSR count). The van der Waals surface area contributed by atoms with E-state index in [2.05, 4.69) is 10.6 Å².